The van der Waals surface area contributed by atoms with Gasteiger partial charge >= 0.3 is 0 Å². The van der Waals surface area contributed by atoms with Gasteiger partial charge in [-0.3, -0.25) is 9.59 Å². The summed E-state index contributed by atoms with van der Waals surface area (Å²) >= 11 is 0. The van der Waals surface area contributed by atoms with Crippen LogP contribution in [0.4, 0.5) is 0 Å². The number of aliphatic hydroxyl groups excluding tert-OH is 1. The molecule has 2 heterocycles. The van der Waals surface area contributed by atoms with Crippen LogP contribution in [0.3, 0.4) is 0 Å². The highest BCUT2D eigenvalue weighted by Gasteiger charge is 2.46. The van der Waals surface area contributed by atoms with Crippen LogP contribution >= 0.6 is 0 Å². The molecule has 2 aromatic carbocycles. The topological polar surface area (TPSA) is 88.5 Å². The molecule has 2 aliphatic heterocycles. The summed E-state index contributed by atoms with van der Waals surface area (Å²) < 4.78 is 17.4. The third-order valence-corrected chi connectivity index (χ3v) is 7.36. The molecule has 39 heavy (non-hydrogen) atoms. The lowest BCUT2D eigenvalue weighted by molar-refractivity contribution is -0.140. The number of Topliss-reactive ketones (excluding diaryl/α,β-unsaturated/α-hetero) is 1. The molecule has 0 aliphatic carbocycles. The van der Waals surface area contributed by atoms with Crippen molar-refractivity contribution in [3.8, 4) is 17.2 Å². The van der Waals surface area contributed by atoms with Crippen LogP contribution < -0.4 is 14.2 Å². The molecule has 1 fully saturated rings. The molecule has 0 spiro atoms. The van der Waals surface area contributed by atoms with E-state index in [-0.39, 0.29) is 17.4 Å². The average molecular weight is 537 g/mol. The maximum atomic E-state index is 13.5. The Kier molecular flexibility index (Phi) is 9.17. The second kappa shape index (κ2) is 12.6. The van der Waals surface area contributed by atoms with Crippen molar-refractivity contribution in [2.75, 3.05) is 39.4 Å². The Balaban J connectivity index is 1.78. The van der Waals surface area contributed by atoms with E-state index < -0.39 is 17.7 Å². The van der Waals surface area contributed by atoms with E-state index in [1.807, 2.05) is 45.0 Å². The third kappa shape index (κ3) is 5.91. The van der Waals surface area contributed by atoms with Crippen molar-refractivity contribution in [2.24, 2.45) is 0 Å². The Hall–Kier alpha value is -3.52. The number of fused-ring (bicyclic) bond motifs is 1. The smallest absolute Gasteiger partial charge is 0.295 e. The zero-order valence-corrected chi connectivity index (χ0v) is 23.7. The fourth-order valence-corrected chi connectivity index (χ4v) is 5.42. The summed E-state index contributed by atoms with van der Waals surface area (Å²) in [5.41, 5.74) is 2.23. The Morgan fingerprint density at radius 1 is 1.03 bits per heavy atom. The minimum Gasteiger partial charge on any atom is -0.507 e. The van der Waals surface area contributed by atoms with E-state index in [1.54, 1.807) is 17.0 Å². The van der Waals surface area contributed by atoms with Crippen LogP contribution in [-0.2, 0) is 16.0 Å². The Labute approximate surface area is 231 Å². The van der Waals surface area contributed by atoms with Gasteiger partial charge in [-0.2, -0.15) is 0 Å². The van der Waals surface area contributed by atoms with Crippen molar-refractivity contribution < 1.29 is 28.9 Å². The van der Waals surface area contributed by atoms with E-state index in [0.29, 0.717) is 48.8 Å². The van der Waals surface area contributed by atoms with E-state index in [1.165, 1.54) is 0 Å². The van der Waals surface area contributed by atoms with E-state index in [2.05, 4.69) is 18.7 Å². The zero-order valence-electron chi connectivity index (χ0n) is 23.7. The number of rotatable bonds is 12. The largest absolute Gasteiger partial charge is 0.507 e. The van der Waals surface area contributed by atoms with E-state index in [4.69, 9.17) is 14.2 Å². The summed E-state index contributed by atoms with van der Waals surface area (Å²) in [6.45, 7) is 13.9. The zero-order chi connectivity index (χ0) is 28.1. The van der Waals surface area contributed by atoms with Crippen molar-refractivity contribution in [1.82, 2.24) is 9.80 Å². The van der Waals surface area contributed by atoms with Gasteiger partial charge in [-0.1, -0.05) is 19.9 Å². The van der Waals surface area contributed by atoms with Crippen LogP contribution in [-0.4, -0.2) is 72.1 Å². The second-order valence-electron chi connectivity index (χ2n) is 9.90. The number of hydrogen-bond acceptors (Lipinski definition) is 7. The number of benzene rings is 2. The SMILES string of the molecule is CCOc1ccc(C2/C(=C(\O)c3ccc4c(c3)CC(C)O4)C(=O)C(=O)N2CCCN(CC)CC)cc1OCC. The number of likely N-dealkylation sites (tertiary alicyclic amines) is 1. The Morgan fingerprint density at radius 2 is 1.74 bits per heavy atom. The molecule has 2 aromatic rings. The predicted octanol–water partition coefficient (Wildman–Crippen LogP) is 4.96. The molecule has 8 heteroatoms. The second-order valence-corrected chi connectivity index (χ2v) is 9.90. The molecule has 0 bridgehead atoms. The lowest BCUT2D eigenvalue weighted by Crippen LogP contribution is -2.33. The van der Waals surface area contributed by atoms with Crippen molar-refractivity contribution in [2.45, 2.75) is 59.6 Å². The van der Waals surface area contributed by atoms with Gasteiger partial charge < -0.3 is 29.1 Å². The van der Waals surface area contributed by atoms with Crippen LogP contribution in [0.2, 0.25) is 0 Å². The molecule has 0 saturated carbocycles. The first-order valence-electron chi connectivity index (χ1n) is 14.0. The van der Waals surface area contributed by atoms with Crippen LogP contribution in [0.15, 0.2) is 42.0 Å². The number of ether oxygens (including phenoxy) is 3. The lowest BCUT2D eigenvalue weighted by atomic mass is 9.94. The summed E-state index contributed by atoms with van der Waals surface area (Å²) in [4.78, 5) is 30.8. The quantitative estimate of drug-likeness (QED) is 0.233. The van der Waals surface area contributed by atoms with Crippen LogP contribution in [0.1, 0.15) is 63.8 Å². The van der Waals surface area contributed by atoms with Gasteiger partial charge in [0.2, 0.25) is 0 Å². The Morgan fingerprint density at radius 3 is 2.44 bits per heavy atom. The molecule has 4 rings (SSSR count). The molecule has 8 nitrogen and oxygen atoms in total. The molecule has 2 aliphatic rings. The molecule has 2 atom stereocenters. The van der Waals surface area contributed by atoms with E-state index in [9.17, 15) is 14.7 Å². The summed E-state index contributed by atoms with van der Waals surface area (Å²) in [7, 11) is 0. The highest BCUT2D eigenvalue weighted by molar-refractivity contribution is 6.46. The van der Waals surface area contributed by atoms with Gasteiger partial charge in [-0.15, -0.1) is 0 Å². The van der Waals surface area contributed by atoms with Crippen LogP contribution in [0.25, 0.3) is 5.76 Å². The Bertz CT molecular complexity index is 1240. The lowest BCUT2D eigenvalue weighted by Gasteiger charge is -2.27. The number of amides is 1. The highest BCUT2D eigenvalue weighted by atomic mass is 16.5. The van der Waals surface area contributed by atoms with Crippen molar-refractivity contribution in [3.63, 3.8) is 0 Å². The molecule has 210 valence electrons. The minimum absolute atomic E-state index is 0.0506. The highest BCUT2D eigenvalue weighted by Crippen LogP contribution is 2.43. The maximum absolute atomic E-state index is 13.5. The molecular formula is C31H40N2O6. The van der Waals surface area contributed by atoms with Crippen LogP contribution in [0, 0.1) is 0 Å². The minimum atomic E-state index is -0.750. The first-order valence-corrected chi connectivity index (χ1v) is 14.0. The normalized spacial score (nSPS) is 19.9. The van der Waals surface area contributed by atoms with Gasteiger partial charge in [0.15, 0.2) is 11.5 Å². The summed E-state index contributed by atoms with van der Waals surface area (Å²) in [5.74, 6) is 0.436. The van der Waals surface area contributed by atoms with Gasteiger partial charge in [0.05, 0.1) is 24.8 Å². The molecule has 0 aromatic heterocycles. The fraction of sp³-hybridized carbons (Fsp3) is 0.484. The fourth-order valence-electron chi connectivity index (χ4n) is 5.42. The molecule has 1 saturated heterocycles. The van der Waals surface area contributed by atoms with Gasteiger partial charge in [0.25, 0.3) is 11.7 Å². The summed E-state index contributed by atoms with van der Waals surface area (Å²) in [6, 6.07) is 10.1. The van der Waals surface area contributed by atoms with Gasteiger partial charge in [-0.25, -0.2) is 0 Å². The van der Waals surface area contributed by atoms with Crippen molar-refractivity contribution in [3.05, 3.63) is 58.7 Å². The predicted molar refractivity (Wildman–Crippen MR) is 150 cm³/mol. The monoisotopic (exact) mass is 536 g/mol. The van der Waals surface area contributed by atoms with Gasteiger partial charge in [0, 0.05) is 18.5 Å². The number of nitrogens with zero attached hydrogens (tertiary/aromatic N) is 2. The first kappa shape index (κ1) is 28.5. The molecular weight excluding hydrogens is 496 g/mol. The third-order valence-electron chi connectivity index (χ3n) is 7.36. The maximum Gasteiger partial charge on any atom is 0.295 e. The molecule has 1 N–H and O–H groups in total. The number of aliphatic hydroxyl groups is 1. The van der Waals surface area contributed by atoms with Crippen molar-refractivity contribution in [1.29, 1.82) is 0 Å². The average Bonchev–Trinajstić information content (AvgIpc) is 3.42. The van der Waals surface area contributed by atoms with E-state index >= 15 is 0 Å². The van der Waals surface area contributed by atoms with E-state index in [0.717, 1.165) is 37.4 Å². The summed E-state index contributed by atoms with van der Waals surface area (Å²) in [6.07, 6.45) is 1.47. The number of carbonyl (C=O) groups excluding carboxylic acids is 2. The molecule has 2 unspecified atom stereocenters. The molecule has 0 radical (unpaired) electrons. The van der Waals surface area contributed by atoms with Gasteiger partial charge in [-0.05, 0) is 88.3 Å². The summed E-state index contributed by atoms with van der Waals surface area (Å²) in [5, 5.41) is 11.5. The van der Waals surface area contributed by atoms with Gasteiger partial charge in [0.1, 0.15) is 17.6 Å². The first-order chi connectivity index (χ1) is 18.8. The number of hydrogen-bond donors (Lipinski definition) is 1. The van der Waals surface area contributed by atoms with Crippen molar-refractivity contribution >= 4 is 17.4 Å². The standard InChI is InChI=1S/C31H40N2O6/c1-6-32(7-2)15-10-16-33-28(21-11-14-25(37-8-3)26(19-21)38-9-4)27(30(35)31(33)36)29(34)22-12-13-24-23(18-22)17-20(5)39-24/h11-14,18-20,28,34H,6-10,15-17H2,1-5H3/b29-27+. The number of ketones is 1. The van der Waals surface area contributed by atoms with Crippen LogP contribution in [0.5, 0.6) is 17.2 Å². The number of carbonyl (C=O) groups is 2. The molecule has 1 amide bonds.